The number of benzene rings is 5. The molecule has 0 radical (unpaired) electrons. The number of aryl methyl sites for hydroxylation is 1. The van der Waals surface area contributed by atoms with Crippen molar-refractivity contribution in [3.05, 3.63) is 131 Å². The Kier molecular flexibility index (Phi) is 7.56. The second kappa shape index (κ2) is 11.2. The predicted octanol–water partition coefficient (Wildman–Crippen LogP) is 8.70. The van der Waals surface area contributed by atoms with Crippen LogP contribution in [0.5, 0.6) is 0 Å². The molecule has 7 rings (SSSR count). The molecule has 208 valence electrons. The van der Waals surface area contributed by atoms with E-state index in [0.717, 1.165) is 6.42 Å². The monoisotopic (exact) mass is 678 g/mol. The molecule has 0 nitrogen and oxygen atoms in total. The van der Waals surface area contributed by atoms with E-state index < -0.39 is 27.4 Å². The molecule has 0 aromatic heterocycles. The van der Waals surface area contributed by atoms with Crippen LogP contribution in [0.2, 0.25) is 0 Å². The first-order chi connectivity index (χ1) is 20.3. The summed E-state index contributed by atoms with van der Waals surface area (Å²) >= 11 is -4.05. The summed E-state index contributed by atoms with van der Waals surface area (Å²) in [7, 11) is 15.2. The van der Waals surface area contributed by atoms with Gasteiger partial charge in [0.25, 0.3) is 0 Å². The van der Waals surface area contributed by atoms with Gasteiger partial charge < -0.3 is 0 Å². The number of allylic oxidation sites excluding steroid dienone is 1. The summed E-state index contributed by atoms with van der Waals surface area (Å²) in [6.45, 7) is 6.83. The predicted molar refractivity (Wildman–Crippen MR) is 183 cm³/mol. The zero-order valence-electron chi connectivity index (χ0n) is 24.3. The van der Waals surface area contributed by atoms with Gasteiger partial charge in [-0.1, -0.05) is 0 Å². The molecule has 4 heteroatoms. The second-order valence-corrected chi connectivity index (χ2v) is 28.0. The van der Waals surface area contributed by atoms with Crippen LogP contribution < -0.4 is 13.6 Å². The van der Waals surface area contributed by atoms with E-state index in [1.54, 1.807) is 0 Å². The van der Waals surface area contributed by atoms with E-state index in [-0.39, 0.29) is 3.63 Å². The first kappa shape index (κ1) is 28.3. The third kappa shape index (κ3) is 4.76. The van der Waals surface area contributed by atoms with Crippen molar-refractivity contribution in [2.75, 3.05) is 0 Å². The van der Waals surface area contributed by atoms with Crippen molar-refractivity contribution in [1.29, 1.82) is 0 Å². The van der Waals surface area contributed by atoms with Crippen LogP contribution in [0.4, 0.5) is 0 Å². The van der Waals surface area contributed by atoms with Gasteiger partial charge in [-0.05, 0) is 0 Å². The molecule has 0 spiro atoms. The summed E-state index contributed by atoms with van der Waals surface area (Å²) < 4.78 is 1.38. The fraction of sp³-hybridized carbons (Fsp3) is 0.158. The van der Waals surface area contributed by atoms with Crippen molar-refractivity contribution >= 4 is 46.3 Å². The zero-order chi connectivity index (χ0) is 29.0. The molecular weight excluding hydrogens is 647 g/mol. The van der Waals surface area contributed by atoms with Crippen LogP contribution in [0.25, 0.3) is 39.5 Å². The first-order valence-electron chi connectivity index (χ1n) is 14.9. The Labute approximate surface area is 263 Å². The second-order valence-electron chi connectivity index (χ2n) is 12.2. The van der Waals surface area contributed by atoms with Gasteiger partial charge in [-0.2, -0.15) is 0 Å². The van der Waals surface area contributed by atoms with Crippen molar-refractivity contribution in [1.82, 2.24) is 0 Å². The standard InChI is InChI=1S/C26H25.C12H9Si.2ClH.Zr/c1-18(2)15-20-16-22-13-14-24(21-10-5-4-6-11-21)26(25(22)17-20)23-12-8-7-9-19(23)3;1-3-7-11-9(5-1)10-6-2-4-8-12(10)13-11;;;/h4-14,16-18H,15H2,1-3H3;1-7H,13H2;2*1H;/q;;;;+2/p-2. The van der Waals surface area contributed by atoms with Crippen molar-refractivity contribution in [2.45, 2.75) is 30.8 Å². The number of fused-ring (bicyclic) bond motifs is 4. The number of hydrogen-bond donors (Lipinski definition) is 0. The van der Waals surface area contributed by atoms with Crippen LogP contribution in [0.15, 0.2) is 115 Å². The Morgan fingerprint density at radius 2 is 1.40 bits per heavy atom. The van der Waals surface area contributed by atoms with Crippen molar-refractivity contribution in [2.24, 2.45) is 5.92 Å². The van der Waals surface area contributed by atoms with Crippen LogP contribution >= 0.6 is 17.0 Å². The fourth-order valence-corrected chi connectivity index (χ4v) is 24.0. The van der Waals surface area contributed by atoms with Crippen LogP contribution in [0.1, 0.15) is 40.6 Å². The van der Waals surface area contributed by atoms with Crippen LogP contribution in [-0.2, 0) is 17.9 Å². The van der Waals surface area contributed by atoms with Crippen LogP contribution in [0, 0.1) is 12.8 Å². The van der Waals surface area contributed by atoms with E-state index in [1.807, 2.05) is 0 Å². The molecule has 0 bridgehead atoms. The third-order valence-corrected chi connectivity index (χ3v) is 23.4. The van der Waals surface area contributed by atoms with E-state index in [4.69, 9.17) is 17.0 Å². The van der Waals surface area contributed by atoms with E-state index in [2.05, 4.69) is 136 Å². The summed E-state index contributed by atoms with van der Waals surface area (Å²) in [6, 6.07) is 39.9. The molecular formula is C38H34Cl2SiZr. The van der Waals surface area contributed by atoms with Gasteiger partial charge >= 0.3 is 266 Å². The van der Waals surface area contributed by atoms with Gasteiger partial charge in [0.15, 0.2) is 0 Å². The minimum atomic E-state index is -4.05. The molecule has 0 saturated carbocycles. The van der Waals surface area contributed by atoms with Crippen molar-refractivity contribution < 1.29 is 17.9 Å². The van der Waals surface area contributed by atoms with E-state index in [1.165, 1.54) is 69.3 Å². The Bertz CT molecular complexity index is 1860. The molecule has 42 heavy (non-hydrogen) atoms. The van der Waals surface area contributed by atoms with Gasteiger partial charge in [0.1, 0.15) is 0 Å². The number of hydrogen-bond acceptors (Lipinski definition) is 0. The Morgan fingerprint density at radius 1 is 0.714 bits per heavy atom. The van der Waals surface area contributed by atoms with Crippen molar-refractivity contribution in [3.63, 3.8) is 0 Å². The van der Waals surface area contributed by atoms with E-state index in [0.29, 0.717) is 5.92 Å². The molecule has 1 aliphatic heterocycles. The Hall–Kier alpha value is -2.48. The number of halogens is 2. The fourth-order valence-electron chi connectivity index (χ4n) is 7.21. The van der Waals surface area contributed by atoms with Gasteiger partial charge in [0.2, 0.25) is 0 Å². The third-order valence-electron chi connectivity index (χ3n) is 9.01. The summed E-state index contributed by atoms with van der Waals surface area (Å²) in [5.74, 6) is 0.513. The normalized spacial score (nSPS) is 16.0. The summed E-state index contributed by atoms with van der Waals surface area (Å²) in [5, 5.41) is 2.99. The maximum absolute atomic E-state index is 7.94. The Balaban J connectivity index is 1.45. The minimum absolute atomic E-state index is 0.0804. The average molecular weight is 681 g/mol. The average Bonchev–Trinajstić information content (AvgIpc) is 3.55. The van der Waals surface area contributed by atoms with Gasteiger partial charge in [0, 0.05) is 0 Å². The van der Waals surface area contributed by atoms with Gasteiger partial charge in [-0.25, -0.2) is 0 Å². The topological polar surface area (TPSA) is 0 Å². The number of rotatable bonds is 6. The zero-order valence-corrected chi connectivity index (χ0v) is 29.7. The molecule has 0 saturated heterocycles. The van der Waals surface area contributed by atoms with E-state index in [9.17, 15) is 0 Å². The quantitative estimate of drug-likeness (QED) is 0.155. The SMILES string of the molecule is Cc1ccccc1-c1c(-c2ccccc2)ccc2c1C=C(CC(C)C)[CH]2[Zr]([Cl])([Cl])[c]1cccc2c1[SiH2]c1ccccc1-2. The summed E-state index contributed by atoms with van der Waals surface area (Å²) in [6.07, 6.45) is 3.47. The maximum atomic E-state index is 7.94. The Morgan fingerprint density at radius 3 is 2.17 bits per heavy atom. The van der Waals surface area contributed by atoms with Gasteiger partial charge in [-0.15, -0.1) is 0 Å². The molecule has 1 aliphatic carbocycles. The molecule has 5 aromatic rings. The summed E-state index contributed by atoms with van der Waals surface area (Å²) in [4.78, 5) is 0. The molecule has 0 fully saturated rings. The molecule has 1 unspecified atom stereocenters. The van der Waals surface area contributed by atoms with Crippen molar-refractivity contribution in [3.8, 4) is 33.4 Å². The summed E-state index contributed by atoms with van der Waals surface area (Å²) in [5.41, 5.74) is 13.1. The van der Waals surface area contributed by atoms with Crippen LogP contribution in [-0.4, -0.2) is 9.52 Å². The van der Waals surface area contributed by atoms with E-state index >= 15 is 0 Å². The molecule has 1 atom stereocenters. The molecule has 2 aliphatic rings. The van der Waals surface area contributed by atoms with Gasteiger partial charge in [-0.3, -0.25) is 0 Å². The first-order valence-corrected chi connectivity index (χ1v) is 25.3. The van der Waals surface area contributed by atoms with Gasteiger partial charge in [0.05, 0.1) is 0 Å². The molecule has 1 heterocycles. The molecule has 0 amide bonds. The molecule has 0 N–H and O–H groups in total. The molecule has 5 aromatic carbocycles. The van der Waals surface area contributed by atoms with Crippen LogP contribution in [0.3, 0.4) is 0 Å².